The molecule has 1 N–H and O–H groups in total. The zero-order chi connectivity index (χ0) is 12.1. The van der Waals surface area contributed by atoms with Crippen LogP contribution in [0.25, 0.3) is 0 Å². The lowest BCUT2D eigenvalue weighted by Gasteiger charge is -2.17. The van der Waals surface area contributed by atoms with Crippen LogP contribution in [-0.4, -0.2) is 11.5 Å². The van der Waals surface area contributed by atoms with E-state index in [0.717, 1.165) is 13.0 Å². The van der Waals surface area contributed by atoms with Crippen LogP contribution in [0.15, 0.2) is 23.0 Å². The van der Waals surface area contributed by atoms with Crippen molar-refractivity contribution in [1.82, 2.24) is 10.3 Å². The number of rotatable bonds is 6. The molecule has 0 aliphatic heterocycles. The van der Waals surface area contributed by atoms with Gasteiger partial charge in [-0.1, -0.05) is 6.92 Å². The lowest BCUT2D eigenvalue weighted by Crippen LogP contribution is -2.23. The zero-order valence-electron chi connectivity index (χ0n) is 10.3. The second-order valence-corrected chi connectivity index (χ2v) is 6.03. The maximum absolute atomic E-state index is 4.39. The lowest BCUT2D eigenvalue weighted by molar-refractivity contribution is 0.534. The van der Waals surface area contributed by atoms with Crippen LogP contribution >= 0.6 is 22.7 Å². The van der Waals surface area contributed by atoms with Crippen LogP contribution in [0.4, 0.5) is 0 Å². The van der Waals surface area contributed by atoms with Crippen LogP contribution in [0.1, 0.15) is 34.8 Å². The number of thiazole rings is 1. The van der Waals surface area contributed by atoms with Crippen LogP contribution in [0.2, 0.25) is 0 Å². The first-order valence-electron chi connectivity index (χ1n) is 5.97. The van der Waals surface area contributed by atoms with E-state index in [4.69, 9.17) is 0 Å². The Morgan fingerprint density at radius 3 is 2.82 bits per heavy atom. The molecular weight excluding hydrogens is 248 g/mol. The molecule has 0 aliphatic rings. The second-order valence-electron chi connectivity index (χ2n) is 4.10. The number of thiophene rings is 1. The normalized spacial score (nSPS) is 12.8. The van der Waals surface area contributed by atoms with Gasteiger partial charge in [-0.25, -0.2) is 4.98 Å². The van der Waals surface area contributed by atoms with Crippen molar-refractivity contribution < 1.29 is 0 Å². The molecule has 0 radical (unpaired) electrons. The highest BCUT2D eigenvalue weighted by Crippen LogP contribution is 2.27. The molecule has 92 valence electrons. The van der Waals surface area contributed by atoms with E-state index in [1.165, 1.54) is 21.9 Å². The van der Waals surface area contributed by atoms with Gasteiger partial charge < -0.3 is 5.32 Å². The van der Waals surface area contributed by atoms with Crippen LogP contribution < -0.4 is 5.32 Å². The van der Waals surface area contributed by atoms with E-state index in [9.17, 15) is 0 Å². The summed E-state index contributed by atoms with van der Waals surface area (Å²) in [6, 6.07) is 2.61. The highest BCUT2D eigenvalue weighted by molar-refractivity contribution is 7.10. The van der Waals surface area contributed by atoms with E-state index >= 15 is 0 Å². The van der Waals surface area contributed by atoms with Crippen LogP contribution in [-0.2, 0) is 6.42 Å². The van der Waals surface area contributed by atoms with Crippen molar-refractivity contribution in [3.8, 4) is 0 Å². The average Bonchev–Trinajstić information content (AvgIpc) is 2.95. The minimum Gasteiger partial charge on any atom is -0.309 e. The molecule has 2 aromatic rings. The summed E-state index contributed by atoms with van der Waals surface area (Å²) in [6.45, 7) is 5.45. The van der Waals surface area contributed by atoms with E-state index in [1.54, 1.807) is 11.3 Å². The Morgan fingerprint density at radius 2 is 2.24 bits per heavy atom. The molecule has 0 bridgehead atoms. The van der Waals surface area contributed by atoms with E-state index in [-0.39, 0.29) is 0 Å². The monoisotopic (exact) mass is 266 g/mol. The standard InChI is InChI=1S/C13H18N2S2/c1-3-5-14-11(9-12-15-6-8-16-12)13-10(2)4-7-17-13/h4,6-8,11,14H,3,5,9H2,1-2H3. The van der Waals surface area contributed by atoms with Crippen molar-refractivity contribution in [2.45, 2.75) is 32.7 Å². The summed E-state index contributed by atoms with van der Waals surface area (Å²) >= 11 is 3.59. The average molecular weight is 266 g/mol. The fourth-order valence-electron chi connectivity index (χ4n) is 1.85. The predicted octanol–water partition coefficient (Wildman–Crippen LogP) is 3.80. The van der Waals surface area contributed by atoms with Gasteiger partial charge >= 0.3 is 0 Å². The van der Waals surface area contributed by atoms with Gasteiger partial charge in [-0.3, -0.25) is 0 Å². The van der Waals surface area contributed by atoms with Gasteiger partial charge in [-0.2, -0.15) is 0 Å². The molecule has 0 saturated carbocycles. The molecule has 1 unspecified atom stereocenters. The summed E-state index contributed by atoms with van der Waals surface area (Å²) in [5.74, 6) is 0. The topological polar surface area (TPSA) is 24.9 Å². The maximum Gasteiger partial charge on any atom is 0.0944 e. The molecule has 0 aliphatic carbocycles. The molecular formula is C13H18N2S2. The van der Waals surface area contributed by atoms with Crippen molar-refractivity contribution in [3.63, 3.8) is 0 Å². The minimum absolute atomic E-state index is 0.418. The first kappa shape index (κ1) is 12.7. The third-order valence-corrected chi connectivity index (χ3v) is 4.66. The van der Waals surface area contributed by atoms with Crippen molar-refractivity contribution >= 4 is 22.7 Å². The minimum atomic E-state index is 0.418. The molecule has 2 aromatic heterocycles. The quantitative estimate of drug-likeness (QED) is 0.860. The molecule has 4 heteroatoms. The van der Waals surface area contributed by atoms with Crippen molar-refractivity contribution in [2.75, 3.05) is 6.54 Å². The van der Waals surface area contributed by atoms with Gasteiger partial charge in [0.15, 0.2) is 0 Å². The zero-order valence-corrected chi connectivity index (χ0v) is 11.9. The second kappa shape index (κ2) is 6.28. The Kier molecular flexibility index (Phi) is 4.71. The molecule has 2 heterocycles. The Morgan fingerprint density at radius 1 is 1.35 bits per heavy atom. The van der Waals surface area contributed by atoms with E-state index in [2.05, 4.69) is 35.6 Å². The molecule has 0 fully saturated rings. The lowest BCUT2D eigenvalue weighted by atomic mass is 10.1. The molecule has 2 nitrogen and oxygen atoms in total. The fourth-order valence-corrected chi connectivity index (χ4v) is 3.51. The Hall–Kier alpha value is -0.710. The van der Waals surface area contributed by atoms with Gasteiger partial charge in [0.1, 0.15) is 0 Å². The Bertz CT molecular complexity index is 434. The number of aromatic nitrogens is 1. The van der Waals surface area contributed by atoms with E-state index in [1.807, 2.05) is 22.9 Å². The van der Waals surface area contributed by atoms with E-state index < -0.39 is 0 Å². The Balaban J connectivity index is 2.11. The van der Waals surface area contributed by atoms with E-state index in [0.29, 0.717) is 6.04 Å². The van der Waals surface area contributed by atoms with Gasteiger partial charge in [-0.15, -0.1) is 22.7 Å². The molecule has 0 spiro atoms. The SMILES string of the molecule is CCCNC(Cc1nccs1)c1sccc1C. The van der Waals surface area contributed by atoms with Gasteiger partial charge in [0.2, 0.25) is 0 Å². The molecule has 1 atom stereocenters. The van der Waals surface area contributed by atoms with Crippen molar-refractivity contribution in [2.24, 2.45) is 0 Å². The Labute approximate surface area is 111 Å². The van der Waals surface area contributed by atoms with Crippen LogP contribution in [0, 0.1) is 6.92 Å². The summed E-state index contributed by atoms with van der Waals surface area (Å²) in [6.07, 6.45) is 4.05. The molecule has 0 saturated heterocycles. The highest BCUT2D eigenvalue weighted by Gasteiger charge is 2.16. The van der Waals surface area contributed by atoms with Crippen LogP contribution in [0.5, 0.6) is 0 Å². The number of hydrogen-bond acceptors (Lipinski definition) is 4. The first-order valence-corrected chi connectivity index (χ1v) is 7.73. The van der Waals surface area contributed by atoms with Gasteiger partial charge in [0.25, 0.3) is 0 Å². The molecule has 17 heavy (non-hydrogen) atoms. The summed E-state index contributed by atoms with van der Waals surface area (Å²) in [5.41, 5.74) is 1.39. The number of nitrogens with one attached hydrogen (secondary N) is 1. The third kappa shape index (κ3) is 3.37. The highest BCUT2D eigenvalue weighted by atomic mass is 32.1. The smallest absolute Gasteiger partial charge is 0.0944 e. The fraction of sp³-hybridized carbons (Fsp3) is 0.462. The number of hydrogen-bond donors (Lipinski definition) is 1. The van der Waals surface area contributed by atoms with Gasteiger partial charge in [0.05, 0.1) is 5.01 Å². The third-order valence-electron chi connectivity index (χ3n) is 2.72. The first-order chi connectivity index (χ1) is 8.31. The number of nitrogens with zero attached hydrogens (tertiary/aromatic N) is 1. The summed E-state index contributed by atoms with van der Waals surface area (Å²) in [5, 5.41) is 9.07. The summed E-state index contributed by atoms with van der Waals surface area (Å²) in [4.78, 5) is 5.84. The van der Waals surface area contributed by atoms with Gasteiger partial charge in [0, 0.05) is 28.9 Å². The van der Waals surface area contributed by atoms with Crippen LogP contribution in [0.3, 0.4) is 0 Å². The molecule has 0 aromatic carbocycles. The molecule has 2 rings (SSSR count). The largest absolute Gasteiger partial charge is 0.309 e. The molecule has 0 amide bonds. The van der Waals surface area contributed by atoms with Gasteiger partial charge in [-0.05, 0) is 36.9 Å². The maximum atomic E-state index is 4.39. The summed E-state index contributed by atoms with van der Waals surface area (Å²) < 4.78 is 0. The summed E-state index contributed by atoms with van der Waals surface area (Å²) in [7, 11) is 0. The van der Waals surface area contributed by atoms with Crippen molar-refractivity contribution in [1.29, 1.82) is 0 Å². The number of aryl methyl sites for hydroxylation is 1. The predicted molar refractivity (Wildman–Crippen MR) is 75.9 cm³/mol. The van der Waals surface area contributed by atoms with Crippen molar-refractivity contribution in [3.05, 3.63) is 38.5 Å².